The van der Waals surface area contributed by atoms with Crippen molar-refractivity contribution in [1.82, 2.24) is 14.5 Å². The lowest BCUT2D eigenvalue weighted by Gasteiger charge is -2.19. The second-order valence-corrected chi connectivity index (χ2v) is 11.6. The summed E-state index contributed by atoms with van der Waals surface area (Å²) in [5.41, 5.74) is 13.4. The predicted molar refractivity (Wildman–Crippen MR) is 172 cm³/mol. The minimum absolute atomic E-state index is 0.632. The van der Waals surface area contributed by atoms with Crippen LogP contribution in [0, 0.1) is 0 Å². The third kappa shape index (κ3) is 2.64. The summed E-state index contributed by atoms with van der Waals surface area (Å²) in [6.45, 7) is 0. The number of furan rings is 2. The van der Waals surface area contributed by atoms with Gasteiger partial charge >= 0.3 is 0 Å². The van der Waals surface area contributed by atoms with Gasteiger partial charge in [-0.05, 0) is 71.5 Å². The molecule has 0 unspecified atom stereocenters. The van der Waals surface area contributed by atoms with Crippen LogP contribution in [0.1, 0.15) is 23.1 Å². The molecule has 4 aromatic heterocycles. The molecule has 9 aromatic rings. The van der Waals surface area contributed by atoms with E-state index in [1.165, 1.54) is 43.8 Å². The van der Waals surface area contributed by atoms with Crippen LogP contribution < -0.4 is 0 Å². The first-order valence-electron chi connectivity index (χ1n) is 14.7. The van der Waals surface area contributed by atoms with Crippen LogP contribution in [0.3, 0.4) is 0 Å². The van der Waals surface area contributed by atoms with E-state index in [-0.39, 0.29) is 0 Å². The Morgan fingerprint density at radius 3 is 2.40 bits per heavy atom. The minimum atomic E-state index is 0.632. The molecule has 0 amide bonds. The molecule has 0 saturated heterocycles. The van der Waals surface area contributed by atoms with Gasteiger partial charge in [0.25, 0.3) is 0 Å². The van der Waals surface area contributed by atoms with Gasteiger partial charge in [0, 0.05) is 32.5 Å². The summed E-state index contributed by atoms with van der Waals surface area (Å²) in [5, 5.41) is 5.82. The van der Waals surface area contributed by atoms with Gasteiger partial charge in [-0.1, -0.05) is 66.7 Å². The second kappa shape index (κ2) is 7.58. The van der Waals surface area contributed by atoms with Gasteiger partial charge in [-0.15, -0.1) is 0 Å². The third-order valence-electron chi connectivity index (χ3n) is 9.42. The van der Waals surface area contributed by atoms with Crippen LogP contribution in [0.15, 0.2) is 112 Å². The summed E-state index contributed by atoms with van der Waals surface area (Å²) in [6.07, 6.45) is 4.47. The molecule has 0 radical (unpaired) electrons. The van der Waals surface area contributed by atoms with Gasteiger partial charge in [-0.25, -0.2) is 9.97 Å². The highest BCUT2D eigenvalue weighted by Gasteiger charge is 2.30. The molecule has 0 saturated carbocycles. The van der Waals surface area contributed by atoms with Gasteiger partial charge in [0.2, 0.25) is 5.95 Å². The molecule has 0 aliphatic heterocycles. The number of benzene rings is 5. The molecule has 0 bridgehead atoms. The Morgan fingerprint density at radius 1 is 0.628 bits per heavy atom. The molecule has 5 aromatic carbocycles. The Labute approximate surface area is 244 Å². The number of allylic oxidation sites excluding steroid dienone is 1. The van der Waals surface area contributed by atoms with Gasteiger partial charge in [0.15, 0.2) is 5.58 Å². The highest BCUT2D eigenvalue weighted by molar-refractivity contribution is 6.33. The predicted octanol–water partition coefficient (Wildman–Crippen LogP) is 9.73. The largest absolute Gasteiger partial charge is 0.456 e. The van der Waals surface area contributed by atoms with Crippen molar-refractivity contribution in [1.29, 1.82) is 0 Å². The van der Waals surface area contributed by atoms with Crippen molar-refractivity contribution in [3.8, 4) is 17.2 Å². The van der Waals surface area contributed by atoms with Crippen LogP contribution in [-0.2, 0) is 6.42 Å². The molecule has 43 heavy (non-hydrogen) atoms. The van der Waals surface area contributed by atoms with Crippen molar-refractivity contribution in [3.63, 3.8) is 0 Å². The Balaban J connectivity index is 1.37. The van der Waals surface area contributed by atoms with Crippen LogP contribution in [0.2, 0.25) is 0 Å². The van der Waals surface area contributed by atoms with E-state index >= 15 is 0 Å². The number of fused-ring (bicyclic) bond motifs is 4. The van der Waals surface area contributed by atoms with Gasteiger partial charge in [-0.3, -0.25) is 4.57 Å². The summed E-state index contributed by atoms with van der Waals surface area (Å²) < 4.78 is 15.1. The number of hydrogen-bond acceptors (Lipinski definition) is 4. The average Bonchev–Trinajstić information content (AvgIpc) is 3.70. The lowest BCUT2D eigenvalue weighted by molar-refractivity contribution is 0.666. The van der Waals surface area contributed by atoms with E-state index in [0.717, 1.165) is 62.8 Å². The van der Waals surface area contributed by atoms with Crippen molar-refractivity contribution in [2.24, 2.45) is 0 Å². The molecular formula is C38H21N3O2. The molecule has 11 rings (SSSR count). The lowest BCUT2D eigenvalue weighted by atomic mass is 9.85. The van der Waals surface area contributed by atoms with E-state index in [4.69, 9.17) is 18.8 Å². The lowest BCUT2D eigenvalue weighted by Crippen LogP contribution is -2.05. The van der Waals surface area contributed by atoms with Crippen molar-refractivity contribution in [2.45, 2.75) is 12.8 Å². The summed E-state index contributed by atoms with van der Waals surface area (Å²) in [7, 11) is 0. The van der Waals surface area contributed by atoms with Crippen LogP contribution >= 0.6 is 0 Å². The minimum Gasteiger partial charge on any atom is -0.456 e. The van der Waals surface area contributed by atoms with E-state index in [2.05, 4.69) is 71.3 Å². The van der Waals surface area contributed by atoms with E-state index in [0.29, 0.717) is 11.5 Å². The number of aryl methyl sites for hydroxylation is 1. The summed E-state index contributed by atoms with van der Waals surface area (Å²) in [6, 6.07) is 33.7. The Hall–Kier alpha value is -5.68. The molecule has 0 fully saturated rings. The monoisotopic (exact) mass is 551 g/mol. The Kier molecular flexibility index (Phi) is 3.88. The van der Waals surface area contributed by atoms with Crippen LogP contribution in [0.5, 0.6) is 0 Å². The van der Waals surface area contributed by atoms with Crippen molar-refractivity contribution in [2.75, 3.05) is 0 Å². The highest BCUT2D eigenvalue weighted by Crippen LogP contribution is 2.51. The molecule has 2 aliphatic carbocycles. The fraction of sp³-hybridized carbons (Fsp3) is 0.0526. The summed E-state index contributed by atoms with van der Waals surface area (Å²) >= 11 is 0. The van der Waals surface area contributed by atoms with Gasteiger partial charge in [-0.2, -0.15) is 0 Å². The molecule has 5 heteroatoms. The fourth-order valence-corrected chi connectivity index (χ4v) is 7.69. The van der Waals surface area contributed by atoms with Gasteiger partial charge in [0.1, 0.15) is 28.0 Å². The molecule has 2 aliphatic rings. The summed E-state index contributed by atoms with van der Waals surface area (Å²) in [4.78, 5) is 10.5. The number of para-hydroxylation sites is 1. The first-order chi connectivity index (χ1) is 21.3. The normalized spacial score (nSPS) is 14.0. The molecule has 5 nitrogen and oxygen atoms in total. The van der Waals surface area contributed by atoms with E-state index < -0.39 is 0 Å². The molecule has 0 atom stereocenters. The van der Waals surface area contributed by atoms with Crippen molar-refractivity contribution in [3.05, 3.63) is 120 Å². The molecule has 4 heterocycles. The maximum Gasteiger partial charge on any atom is 0.236 e. The molecule has 0 N–H and O–H groups in total. The van der Waals surface area contributed by atoms with Crippen LogP contribution in [0.25, 0.3) is 88.6 Å². The van der Waals surface area contributed by atoms with E-state index in [1.54, 1.807) is 0 Å². The quantitative estimate of drug-likeness (QED) is 0.215. The Bertz CT molecular complexity index is 2720. The number of rotatable bonds is 2. The topological polar surface area (TPSA) is 57.0 Å². The fourth-order valence-electron chi connectivity index (χ4n) is 7.69. The van der Waals surface area contributed by atoms with Crippen LogP contribution in [0.4, 0.5) is 0 Å². The number of aromatic nitrogens is 3. The van der Waals surface area contributed by atoms with Gasteiger partial charge < -0.3 is 8.83 Å². The third-order valence-corrected chi connectivity index (χ3v) is 9.42. The van der Waals surface area contributed by atoms with E-state index in [9.17, 15) is 0 Å². The maximum atomic E-state index is 6.47. The molecular weight excluding hydrogens is 530 g/mol. The van der Waals surface area contributed by atoms with E-state index in [1.807, 2.05) is 36.4 Å². The second-order valence-electron chi connectivity index (χ2n) is 11.6. The Morgan fingerprint density at radius 2 is 1.44 bits per heavy atom. The average molecular weight is 552 g/mol. The molecule has 0 spiro atoms. The maximum absolute atomic E-state index is 6.47. The highest BCUT2D eigenvalue weighted by atomic mass is 16.3. The zero-order valence-electron chi connectivity index (χ0n) is 22.9. The number of hydrogen-bond donors (Lipinski definition) is 0. The smallest absolute Gasteiger partial charge is 0.236 e. The first kappa shape index (κ1) is 22.0. The van der Waals surface area contributed by atoms with Crippen LogP contribution in [-0.4, -0.2) is 14.5 Å². The van der Waals surface area contributed by atoms with Crippen molar-refractivity contribution < 1.29 is 8.83 Å². The standard InChI is InChI=1S/C38H21N3O2/c1-2-8-21(9-3-1)35-37-36(24-11-4-5-14-27(24)43-37)40-38(39-35)41-25-17-16-20-10-6-12-22-23-13-7-15-28-31(23)34-29(42-28)19-18-26(41)33(34)32(25)30(20)22/h1-5,7-9,11-19H,6,10H2. The van der Waals surface area contributed by atoms with Crippen molar-refractivity contribution >= 4 is 71.4 Å². The molecule has 200 valence electrons. The zero-order valence-corrected chi connectivity index (χ0v) is 22.9. The van der Waals surface area contributed by atoms with Gasteiger partial charge in [0.05, 0.1) is 11.0 Å². The zero-order chi connectivity index (χ0) is 27.8. The summed E-state index contributed by atoms with van der Waals surface area (Å²) in [5.74, 6) is 0.632. The first-order valence-corrected chi connectivity index (χ1v) is 14.7. The number of nitrogens with zero attached hydrogens (tertiary/aromatic N) is 3. The SMILES string of the molecule is C1=C2c3cccc4oc5ccc6c(c7c2c(ccc7n6-c2nc(-c6ccccc6)c6oc7ccccc7c6n2)CC1)c5c34.